The van der Waals surface area contributed by atoms with Crippen LogP contribution in [-0.4, -0.2) is 35.3 Å². The number of carbonyl (C=O) groups excluding carboxylic acids is 1. The summed E-state index contributed by atoms with van der Waals surface area (Å²) in [5.74, 6) is -0.0836. The summed E-state index contributed by atoms with van der Waals surface area (Å²) >= 11 is 0. The third-order valence-corrected chi connectivity index (χ3v) is 5.46. The van der Waals surface area contributed by atoms with Crippen molar-refractivity contribution in [3.8, 4) is 0 Å². The van der Waals surface area contributed by atoms with Crippen LogP contribution in [0.1, 0.15) is 28.8 Å². The number of benzene rings is 2. The van der Waals surface area contributed by atoms with Crippen molar-refractivity contribution in [1.29, 1.82) is 0 Å². The van der Waals surface area contributed by atoms with Crippen molar-refractivity contribution in [3.63, 3.8) is 0 Å². The lowest BCUT2D eigenvalue weighted by Crippen LogP contribution is -2.37. The third kappa shape index (κ3) is 3.56. The Morgan fingerprint density at radius 3 is 2.58 bits per heavy atom. The van der Waals surface area contributed by atoms with Crippen molar-refractivity contribution in [2.45, 2.75) is 19.3 Å². The molecule has 0 unspecified atom stereocenters. The van der Waals surface area contributed by atoms with Crippen molar-refractivity contribution in [2.24, 2.45) is 5.92 Å². The van der Waals surface area contributed by atoms with Crippen LogP contribution in [0.3, 0.4) is 0 Å². The summed E-state index contributed by atoms with van der Waals surface area (Å²) in [4.78, 5) is 18.3. The fraction of sp³-hybridized carbons (Fsp3) is 0.318. The van der Waals surface area contributed by atoms with Crippen molar-refractivity contribution in [3.05, 3.63) is 71.7 Å². The molecule has 0 spiro atoms. The van der Waals surface area contributed by atoms with Crippen LogP contribution in [0, 0.1) is 11.7 Å². The second kappa shape index (κ2) is 7.42. The molecule has 3 nitrogen and oxygen atoms in total. The maximum Gasteiger partial charge on any atom is 0.166 e. The molecule has 1 fully saturated rings. The third-order valence-electron chi connectivity index (χ3n) is 5.46. The van der Waals surface area contributed by atoms with Gasteiger partial charge >= 0.3 is 0 Å². The summed E-state index contributed by atoms with van der Waals surface area (Å²) in [6.45, 7) is 2.90. The molecular weight excluding hydrogens is 327 g/mol. The first-order valence-electron chi connectivity index (χ1n) is 9.28. The van der Waals surface area contributed by atoms with E-state index < -0.39 is 0 Å². The number of Topliss-reactive ketones (excluding diaryl/α,β-unsaturated/α-hetero) is 1. The molecule has 1 N–H and O–H groups in total. The van der Waals surface area contributed by atoms with E-state index in [4.69, 9.17) is 0 Å². The second-order valence-corrected chi connectivity index (χ2v) is 7.10. The number of halogens is 1. The molecule has 1 aliphatic rings. The first kappa shape index (κ1) is 17.0. The van der Waals surface area contributed by atoms with E-state index in [0.29, 0.717) is 5.56 Å². The Bertz CT molecular complexity index is 892. The van der Waals surface area contributed by atoms with Gasteiger partial charge in [0.1, 0.15) is 5.82 Å². The molecule has 0 saturated carbocycles. The highest BCUT2D eigenvalue weighted by atomic mass is 19.1. The number of carbonyl (C=O) groups is 1. The van der Waals surface area contributed by atoms with Gasteiger partial charge in [-0.1, -0.05) is 18.2 Å². The van der Waals surface area contributed by atoms with Crippen LogP contribution < -0.4 is 0 Å². The molecule has 0 radical (unpaired) electrons. The molecule has 0 amide bonds. The summed E-state index contributed by atoms with van der Waals surface area (Å²) in [6, 6.07) is 14.3. The average Bonchev–Trinajstić information content (AvgIpc) is 3.10. The number of likely N-dealkylation sites (tertiary alicyclic amines) is 1. The average molecular weight is 350 g/mol. The highest BCUT2D eigenvalue weighted by molar-refractivity contribution is 5.97. The van der Waals surface area contributed by atoms with Gasteiger partial charge in [0.25, 0.3) is 0 Å². The zero-order valence-electron chi connectivity index (χ0n) is 14.7. The number of rotatable bonds is 5. The number of hydrogen-bond donors (Lipinski definition) is 1. The largest absolute Gasteiger partial charge is 0.361 e. The molecule has 3 aromatic rings. The van der Waals surface area contributed by atoms with E-state index in [0.717, 1.165) is 38.9 Å². The van der Waals surface area contributed by atoms with E-state index in [-0.39, 0.29) is 17.5 Å². The van der Waals surface area contributed by atoms with Gasteiger partial charge in [0.05, 0.1) is 0 Å². The number of ketones is 1. The number of nitrogens with zero attached hydrogens (tertiary/aromatic N) is 1. The molecule has 0 bridgehead atoms. The van der Waals surface area contributed by atoms with Gasteiger partial charge in [-0.05, 0) is 68.2 Å². The van der Waals surface area contributed by atoms with Gasteiger partial charge in [0.15, 0.2) is 5.78 Å². The molecule has 0 atom stereocenters. The Balaban J connectivity index is 1.31. The standard InChI is InChI=1S/C22H23FN2O/c23-19-7-5-16(6-8-19)22(26)17-9-12-25(13-10-17)14-11-18-15-24-21-4-2-1-3-20(18)21/h1-8,15,17,24H,9-14H2. The van der Waals surface area contributed by atoms with Crippen LogP contribution in [0.2, 0.25) is 0 Å². The molecule has 1 aromatic heterocycles. The lowest BCUT2D eigenvalue weighted by atomic mass is 9.89. The van der Waals surface area contributed by atoms with Crippen LogP contribution in [0.4, 0.5) is 4.39 Å². The minimum absolute atomic E-state index is 0.0600. The Labute approximate surface area is 152 Å². The van der Waals surface area contributed by atoms with E-state index in [1.807, 2.05) is 6.07 Å². The molecular formula is C22H23FN2O. The van der Waals surface area contributed by atoms with E-state index in [1.54, 1.807) is 12.1 Å². The van der Waals surface area contributed by atoms with Gasteiger partial charge in [-0.3, -0.25) is 4.79 Å². The quantitative estimate of drug-likeness (QED) is 0.691. The van der Waals surface area contributed by atoms with Crippen molar-refractivity contribution in [1.82, 2.24) is 9.88 Å². The van der Waals surface area contributed by atoms with Crippen LogP contribution in [0.5, 0.6) is 0 Å². The number of H-pyrrole nitrogens is 1. The monoisotopic (exact) mass is 350 g/mol. The minimum atomic E-state index is -0.298. The van der Waals surface area contributed by atoms with Gasteiger partial charge < -0.3 is 9.88 Å². The number of fused-ring (bicyclic) bond motifs is 1. The molecule has 26 heavy (non-hydrogen) atoms. The molecule has 134 valence electrons. The summed E-state index contributed by atoms with van der Waals surface area (Å²) in [7, 11) is 0. The predicted octanol–water partition coefficient (Wildman–Crippen LogP) is 4.44. The fourth-order valence-corrected chi connectivity index (χ4v) is 3.89. The van der Waals surface area contributed by atoms with Crippen LogP contribution in [-0.2, 0) is 6.42 Å². The molecule has 1 aliphatic heterocycles. The van der Waals surface area contributed by atoms with Gasteiger partial charge in [-0.25, -0.2) is 4.39 Å². The topological polar surface area (TPSA) is 36.1 Å². The first-order valence-corrected chi connectivity index (χ1v) is 9.28. The molecule has 4 rings (SSSR count). The number of aromatic amines is 1. The predicted molar refractivity (Wildman–Crippen MR) is 102 cm³/mol. The highest BCUT2D eigenvalue weighted by Crippen LogP contribution is 2.23. The molecule has 1 saturated heterocycles. The van der Waals surface area contributed by atoms with Crippen molar-refractivity contribution in [2.75, 3.05) is 19.6 Å². The van der Waals surface area contributed by atoms with Crippen LogP contribution >= 0.6 is 0 Å². The van der Waals surface area contributed by atoms with E-state index in [9.17, 15) is 9.18 Å². The molecule has 4 heteroatoms. The summed E-state index contributed by atoms with van der Waals surface area (Å²) in [5, 5.41) is 1.30. The van der Waals surface area contributed by atoms with E-state index in [2.05, 4.69) is 34.3 Å². The number of para-hydroxylation sites is 1. The Morgan fingerprint density at radius 1 is 1.08 bits per heavy atom. The van der Waals surface area contributed by atoms with Crippen LogP contribution in [0.25, 0.3) is 10.9 Å². The first-order chi connectivity index (χ1) is 12.7. The lowest BCUT2D eigenvalue weighted by molar-refractivity contribution is 0.0841. The zero-order valence-corrected chi connectivity index (χ0v) is 14.7. The summed E-state index contributed by atoms with van der Waals surface area (Å²) in [5.41, 5.74) is 3.17. The minimum Gasteiger partial charge on any atom is -0.361 e. The SMILES string of the molecule is O=C(c1ccc(F)cc1)C1CCN(CCc2c[nH]c3ccccc23)CC1. The summed E-state index contributed by atoms with van der Waals surface area (Å²) < 4.78 is 13.0. The molecule has 2 heterocycles. The number of hydrogen-bond acceptors (Lipinski definition) is 2. The smallest absolute Gasteiger partial charge is 0.166 e. The Kier molecular flexibility index (Phi) is 4.85. The fourth-order valence-electron chi connectivity index (χ4n) is 3.89. The van der Waals surface area contributed by atoms with E-state index in [1.165, 1.54) is 28.6 Å². The lowest BCUT2D eigenvalue weighted by Gasteiger charge is -2.31. The maximum atomic E-state index is 13.0. The van der Waals surface area contributed by atoms with Crippen LogP contribution in [0.15, 0.2) is 54.7 Å². The van der Waals surface area contributed by atoms with Gasteiger partial charge in [0.2, 0.25) is 0 Å². The van der Waals surface area contributed by atoms with Gasteiger partial charge in [-0.2, -0.15) is 0 Å². The summed E-state index contributed by atoms with van der Waals surface area (Å²) in [6.07, 6.45) is 4.88. The Hall–Kier alpha value is -2.46. The van der Waals surface area contributed by atoms with Gasteiger partial charge in [0, 0.05) is 35.1 Å². The highest BCUT2D eigenvalue weighted by Gasteiger charge is 2.25. The van der Waals surface area contributed by atoms with Gasteiger partial charge in [-0.15, -0.1) is 0 Å². The number of aromatic nitrogens is 1. The van der Waals surface area contributed by atoms with Crippen molar-refractivity contribution >= 4 is 16.7 Å². The number of nitrogens with one attached hydrogen (secondary N) is 1. The molecule has 2 aromatic carbocycles. The zero-order chi connectivity index (χ0) is 17.9. The second-order valence-electron chi connectivity index (χ2n) is 7.10. The van der Waals surface area contributed by atoms with E-state index >= 15 is 0 Å². The molecule has 0 aliphatic carbocycles. The van der Waals surface area contributed by atoms with Crippen molar-refractivity contribution < 1.29 is 9.18 Å². The number of piperidine rings is 1. The normalized spacial score (nSPS) is 16.2. The Morgan fingerprint density at radius 2 is 1.81 bits per heavy atom. The maximum absolute atomic E-state index is 13.0.